The van der Waals surface area contributed by atoms with Crippen molar-refractivity contribution < 1.29 is 14.3 Å². The Hall–Kier alpha value is -2.86. The highest BCUT2D eigenvalue weighted by molar-refractivity contribution is 5.88. The Balaban J connectivity index is 1.68. The maximum atomic E-state index is 13.9. The first-order valence-electron chi connectivity index (χ1n) is 11.2. The van der Waals surface area contributed by atoms with Crippen molar-refractivity contribution in [3.63, 3.8) is 0 Å². The van der Waals surface area contributed by atoms with Gasteiger partial charge >= 0.3 is 5.97 Å². The zero-order chi connectivity index (χ0) is 21.8. The molecule has 6 heteroatoms. The number of hydrogen-bond acceptors (Lipinski definition) is 5. The van der Waals surface area contributed by atoms with E-state index < -0.39 is 6.04 Å². The number of amides is 1. The van der Waals surface area contributed by atoms with Gasteiger partial charge in [0.25, 0.3) is 0 Å². The molecular formula is C25H31N3O3. The van der Waals surface area contributed by atoms with Gasteiger partial charge in [-0.3, -0.25) is 4.79 Å². The molecule has 0 saturated carbocycles. The molecule has 3 unspecified atom stereocenters. The molecule has 1 aliphatic carbocycles. The van der Waals surface area contributed by atoms with Crippen molar-refractivity contribution in [1.82, 2.24) is 15.1 Å². The fraction of sp³-hybridized carbons (Fsp3) is 0.440. The predicted molar refractivity (Wildman–Crippen MR) is 120 cm³/mol. The minimum atomic E-state index is -0.586. The third kappa shape index (κ3) is 4.30. The fourth-order valence-corrected chi connectivity index (χ4v) is 4.83. The smallest absolute Gasteiger partial charge is 0.330 e. The van der Waals surface area contributed by atoms with Crippen LogP contribution in [0.15, 0.2) is 66.0 Å². The molecule has 1 saturated heterocycles. The summed E-state index contributed by atoms with van der Waals surface area (Å²) in [7, 11) is 0. The first kappa shape index (κ1) is 21.4. The molecular weight excluding hydrogens is 390 g/mol. The number of benzene rings is 1. The maximum Gasteiger partial charge on any atom is 0.330 e. The zero-order valence-electron chi connectivity index (χ0n) is 18.3. The van der Waals surface area contributed by atoms with E-state index in [1.807, 2.05) is 18.2 Å². The predicted octanol–water partition coefficient (Wildman–Crippen LogP) is 3.16. The normalized spacial score (nSPS) is 25.8. The minimum Gasteiger partial charge on any atom is -0.464 e. The van der Waals surface area contributed by atoms with Crippen LogP contribution < -0.4 is 5.32 Å². The molecule has 1 aromatic rings. The molecule has 0 bridgehead atoms. The number of allylic oxidation sites excluding steroid dienone is 5. The van der Waals surface area contributed by atoms with Gasteiger partial charge in [-0.25, -0.2) is 4.79 Å². The highest BCUT2D eigenvalue weighted by Gasteiger charge is 2.44. The number of nitrogens with one attached hydrogen (secondary N) is 1. The highest BCUT2D eigenvalue weighted by atomic mass is 16.5. The van der Waals surface area contributed by atoms with E-state index in [-0.39, 0.29) is 23.8 Å². The summed E-state index contributed by atoms with van der Waals surface area (Å²) < 4.78 is 5.26. The highest BCUT2D eigenvalue weighted by Crippen LogP contribution is 2.44. The fourth-order valence-electron chi connectivity index (χ4n) is 4.83. The number of rotatable bonds is 5. The van der Waals surface area contributed by atoms with Crippen molar-refractivity contribution in [2.24, 2.45) is 5.92 Å². The number of esters is 1. The Morgan fingerprint density at radius 1 is 1.23 bits per heavy atom. The summed E-state index contributed by atoms with van der Waals surface area (Å²) in [6, 6.07) is 9.50. The summed E-state index contributed by atoms with van der Waals surface area (Å²) in [6.07, 6.45) is 10.4. The number of piperazine rings is 1. The SMILES string of the molecule is CCOC(=O)C1CNCCN1C(=O)C1C=C(C)N(C2=CC=CCC2)C1c1ccccc1. The second-order valence-electron chi connectivity index (χ2n) is 8.19. The van der Waals surface area contributed by atoms with E-state index in [9.17, 15) is 9.59 Å². The summed E-state index contributed by atoms with van der Waals surface area (Å²) in [4.78, 5) is 30.4. The molecule has 0 aromatic heterocycles. The Kier molecular flexibility index (Phi) is 6.56. The summed E-state index contributed by atoms with van der Waals surface area (Å²) in [5.41, 5.74) is 3.41. The van der Waals surface area contributed by atoms with E-state index in [0.29, 0.717) is 26.2 Å². The molecule has 164 valence electrons. The monoisotopic (exact) mass is 421 g/mol. The standard InChI is InChI=1S/C25H31N3O3/c1-3-31-25(30)22-17-26-14-15-27(22)24(29)21-16-18(2)28(20-12-8-5-9-13-20)23(21)19-10-6-4-7-11-19/h4-8,10-12,16,21-23,26H,3,9,13-15,17H2,1-2H3. The summed E-state index contributed by atoms with van der Waals surface area (Å²) in [5.74, 6) is -0.707. The molecule has 1 fully saturated rings. The van der Waals surface area contributed by atoms with Crippen molar-refractivity contribution in [3.05, 3.63) is 71.6 Å². The van der Waals surface area contributed by atoms with Crippen LogP contribution in [0, 0.1) is 5.92 Å². The Labute approximate surface area is 184 Å². The first-order valence-corrected chi connectivity index (χ1v) is 11.2. The van der Waals surface area contributed by atoms with Gasteiger partial charge in [0.1, 0.15) is 6.04 Å². The largest absolute Gasteiger partial charge is 0.464 e. The number of carbonyl (C=O) groups is 2. The van der Waals surface area contributed by atoms with Crippen molar-refractivity contribution in [3.8, 4) is 0 Å². The zero-order valence-corrected chi connectivity index (χ0v) is 18.3. The second kappa shape index (κ2) is 9.52. The van der Waals surface area contributed by atoms with Gasteiger partial charge < -0.3 is 19.9 Å². The van der Waals surface area contributed by atoms with Gasteiger partial charge in [-0.15, -0.1) is 0 Å². The quantitative estimate of drug-likeness (QED) is 0.740. The lowest BCUT2D eigenvalue weighted by atomic mass is 9.91. The van der Waals surface area contributed by atoms with E-state index in [4.69, 9.17) is 4.74 Å². The molecule has 4 rings (SSSR count). The Bertz CT molecular complexity index is 906. The maximum absolute atomic E-state index is 13.9. The van der Waals surface area contributed by atoms with E-state index >= 15 is 0 Å². The molecule has 2 aliphatic heterocycles. The van der Waals surface area contributed by atoms with Crippen LogP contribution in [0.5, 0.6) is 0 Å². The van der Waals surface area contributed by atoms with Gasteiger partial charge in [-0.2, -0.15) is 0 Å². The van der Waals surface area contributed by atoms with Crippen molar-refractivity contribution in [1.29, 1.82) is 0 Å². The third-order valence-electron chi connectivity index (χ3n) is 6.23. The number of nitrogens with zero attached hydrogens (tertiary/aromatic N) is 2. The Morgan fingerprint density at radius 3 is 2.74 bits per heavy atom. The van der Waals surface area contributed by atoms with E-state index in [1.165, 1.54) is 5.70 Å². The van der Waals surface area contributed by atoms with E-state index in [2.05, 4.69) is 53.6 Å². The molecule has 1 N–H and O–H groups in total. The van der Waals surface area contributed by atoms with Crippen LogP contribution >= 0.6 is 0 Å². The Morgan fingerprint density at radius 2 is 2.03 bits per heavy atom. The number of carbonyl (C=O) groups excluding carboxylic acids is 2. The van der Waals surface area contributed by atoms with Gasteiger partial charge in [0.05, 0.1) is 18.6 Å². The summed E-state index contributed by atoms with van der Waals surface area (Å²) >= 11 is 0. The molecule has 6 nitrogen and oxygen atoms in total. The number of hydrogen-bond donors (Lipinski definition) is 1. The van der Waals surface area contributed by atoms with Crippen LogP contribution in [0.4, 0.5) is 0 Å². The third-order valence-corrected chi connectivity index (χ3v) is 6.23. The van der Waals surface area contributed by atoms with Crippen LogP contribution in [0.25, 0.3) is 0 Å². The van der Waals surface area contributed by atoms with Crippen LogP contribution in [0.2, 0.25) is 0 Å². The molecule has 3 atom stereocenters. The second-order valence-corrected chi connectivity index (χ2v) is 8.19. The van der Waals surface area contributed by atoms with Crippen LogP contribution in [0.1, 0.15) is 38.3 Å². The van der Waals surface area contributed by atoms with Gasteiger partial charge in [0.15, 0.2) is 0 Å². The average molecular weight is 422 g/mol. The topological polar surface area (TPSA) is 61.9 Å². The van der Waals surface area contributed by atoms with Crippen molar-refractivity contribution in [2.45, 2.75) is 38.8 Å². The molecule has 2 heterocycles. The van der Waals surface area contributed by atoms with Crippen molar-refractivity contribution >= 4 is 11.9 Å². The lowest BCUT2D eigenvalue weighted by molar-refractivity contribution is -0.157. The molecule has 0 radical (unpaired) electrons. The summed E-state index contributed by atoms with van der Waals surface area (Å²) in [5, 5.41) is 3.22. The van der Waals surface area contributed by atoms with Gasteiger partial charge in [0.2, 0.25) is 5.91 Å². The first-order chi connectivity index (χ1) is 15.1. The van der Waals surface area contributed by atoms with E-state index in [1.54, 1.807) is 11.8 Å². The minimum absolute atomic E-state index is 0.0118. The average Bonchev–Trinajstić information content (AvgIpc) is 3.17. The molecule has 0 spiro atoms. The van der Waals surface area contributed by atoms with E-state index in [0.717, 1.165) is 24.1 Å². The van der Waals surface area contributed by atoms with Gasteiger partial charge in [0, 0.05) is 31.0 Å². The van der Waals surface area contributed by atoms with Gasteiger partial charge in [-0.1, -0.05) is 48.6 Å². The molecule has 1 aromatic carbocycles. The molecule has 1 amide bonds. The summed E-state index contributed by atoms with van der Waals surface area (Å²) in [6.45, 7) is 5.77. The molecule has 31 heavy (non-hydrogen) atoms. The van der Waals surface area contributed by atoms with Crippen LogP contribution in [-0.2, 0) is 14.3 Å². The van der Waals surface area contributed by atoms with Crippen LogP contribution in [0.3, 0.4) is 0 Å². The van der Waals surface area contributed by atoms with Crippen LogP contribution in [-0.4, -0.2) is 54.0 Å². The van der Waals surface area contributed by atoms with Gasteiger partial charge in [-0.05, 0) is 38.3 Å². The lowest BCUT2D eigenvalue weighted by Gasteiger charge is -2.39. The number of ether oxygens (including phenoxy) is 1. The van der Waals surface area contributed by atoms with Crippen molar-refractivity contribution in [2.75, 3.05) is 26.2 Å². The molecule has 3 aliphatic rings. The lowest BCUT2D eigenvalue weighted by Crippen LogP contribution is -2.59.